The van der Waals surface area contributed by atoms with Crippen molar-refractivity contribution >= 4 is 11.0 Å². The van der Waals surface area contributed by atoms with Crippen molar-refractivity contribution in [1.82, 2.24) is 24.6 Å². The van der Waals surface area contributed by atoms with E-state index in [0.29, 0.717) is 35.3 Å². The zero-order chi connectivity index (χ0) is 18.1. The summed E-state index contributed by atoms with van der Waals surface area (Å²) in [6.45, 7) is 1.72. The molecule has 2 aromatic heterocycles. The number of aliphatic hydroxyl groups is 1. The Morgan fingerprint density at radius 2 is 2.08 bits per heavy atom. The van der Waals surface area contributed by atoms with E-state index in [4.69, 9.17) is 4.74 Å². The Balaban J connectivity index is 1.75. The summed E-state index contributed by atoms with van der Waals surface area (Å²) in [6, 6.07) is 7.43. The number of benzene rings is 1. The van der Waals surface area contributed by atoms with Gasteiger partial charge < -0.3 is 15.2 Å². The summed E-state index contributed by atoms with van der Waals surface area (Å²) in [6.07, 6.45) is 4.22. The van der Waals surface area contributed by atoms with Crippen LogP contribution in [0.2, 0.25) is 0 Å². The minimum atomic E-state index is -0.886. The Kier molecular flexibility index (Phi) is 4.21. The van der Waals surface area contributed by atoms with E-state index in [1.54, 1.807) is 11.8 Å². The molecular weight excluding hydrogens is 334 g/mol. The summed E-state index contributed by atoms with van der Waals surface area (Å²) < 4.78 is 8.45. The van der Waals surface area contributed by atoms with Crippen molar-refractivity contribution in [3.63, 3.8) is 0 Å². The predicted octanol–water partition coefficient (Wildman–Crippen LogP) is 0.705. The SMILES string of the molecule is COc1ccccc1-n1ncc2c(=O)n(CC3(O)CCNCC3)cnc21. The summed E-state index contributed by atoms with van der Waals surface area (Å²) >= 11 is 0. The normalized spacial score (nSPS) is 16.7. The molecule has 0 atom stereocenters. The first-order chi connectivity index (χ1) is 12.6. The van der Waals surface area contributed by atoms with Gasteiger partial charge in [0.25, 0.3) is 5.56 Å². The molecule has 0 saturated carbocycles. The minimum Gasteiger partial charge on any atom is -0.494 e. The molecule has 8 heteroatoms. The maximum absolute atomic E-state index is 12.9. The molecule has 0 radical (unpaired) electrons. The first-order valence-electron chi connectivity index (χ1n) is 8.61. The number of nitrogens with zero attached hydrogens (tertiary/aromatic N) is 4. The molecule has 4 rings (SSSR count). The zero-order valence-electron chi connectivity index (χ0n) is 14.6. The fourth-order valence-electron chi connectivity index (χ4n) is 3.41. The standard InChI is InChI=1S/C18H21N5O3/c1-26-15-5-3-2-4-14(15)23-16-13(10-21-23)17(24)22(12-20-16)11-18(25)6-8-19-9-7-18/h2-5,10,12,19,25H,6-9,11H2,1H3. The van der Waals surface area contributed by atoms with Gasteiger partial charge >= 0.3 is 0 Å². The fraction of sp³-hybridized carbons (Fsp3) is 0.389. The summed E-state index contributed by atoms with van der Waals surface area (Å²) in [7, 11) is 1.59. The Labute approximate surface area is 150 Å². The first-order valence-corrected chi connectivity index (χ1v) is 8.61. The molecule has 3 heterocycles. The van der Waals surface area contributed by atoms with E-state index in [-0.39, 0.29) is 12.1 Å². The van der Waals surface area contributed by atoms with Crippen LogP contribution in [0, 0.1) is 0 Å². The molecular formula is C18H21N5O3. The number of ether oxygens (including phenoxy) is 1. The number of fused-ring (bicyclic) bond motifs is 1. The van der Waals surface area contributed by atoms with Gasteiger partial charge in [-0.3, -0.25) is 9.36 Å². The number of piperidine rings is 1. The average Bonchev–Trinajstić information content (AvgIpc) is 3.09. The quantitative estimate of drug-likeness (QED) is 0.716. The molecule has 0 aliphatic carbocycles. The van der Waals surface area contributed by atoms with Crippen LogP contribution >= 0.6 is 0 Å². The van der Waals surface area contributed by atoms with Gasteiger partial charge in [-0.25, -0.2) is 9.67 Å². The van der Waals surface area contributed by atoms with Crippen LogP contribution in [-0.2, 0) is 6.54 Å². The molecule has 8 nitrogen and oxygen atoms in total. The van der Waals surface area contributed by atoms with E-state index in [2.05, 4.69) is 15.4 Å². The number of nitrogens with one attached hydrogen (secondary N) is 1. The van der Waals surface area contributed by atoms with Crippen molar-refractivity contribution in [3.05, 3.63) is 47.1 Å². The lowest BCUT2D eigenvalue weighted by molar-refractivity contribution is -0.00627. The molecule has 0 bridgehead atoms. The van der Waals surface area contributed by atoms with E-state index in [9.17, 15) is 9.90 Å². The molecule has 0 amide bonds. The smallest absolute Gasteiger partial charge is 0.264 e. The second-order valence-electron chi connectivity index (χ2n) is 6.62. The monoisotopic (exact) mass is 355 g/mol. The molecule has 26 heavy (non-hydrogen) atoms. The van der Waals surface area contributed by atoms with Gasteiger partial charge in [0.15, 0.2) is 5.65 Å². The Hall–Kier alpha value is -2.71. The highest BCUT2D eigenvalue weighted by molar-refractivity contribution is 5.75. The maximum Gasteiger partial charge on any atom is 0.264 e. The van der Waals surface area contributed by atoms with Crippen LogP contribution in [0.25, 0.3) is 16.7 Å². The highest BCUT2D eigenvalue weighted by atomic mass is 16.5. The fourth-order valence-corrected chi connectivity index (χ4v) is 3.41. The Bertz CT molecular complexity index is 988. The van der Waals surface area contributed by atoms with E-state index in [1.165, 1.54) is 17.1 Å². The highest BCUT2D eigenvalue weighted by Crippen LogP contribution is 2.24. The number of aromatic nitrogens is 4. The number of hydrogen-bond acceptors (Lipinski definition) is 6. The van der Waals surface area contributed by atoms with E-state index in [1.807, 2.05) is 24.3 Å². The molecule has 2 N–H and O–H groups in total. The number of para-hydroxylation sites is 2. The Morgan fingerprint density at radius 3 is 2.85 bits per heavy atom. The van der Waals surface area contributed by atoms with Crippen molar-refractivity contribution in [2.24, 2.45) is 0 Å². The van der Waals surface area contributed by atoms with Crippen molar-refractivity contribution in [2.45, 2.75) is 25.0 Å². The minimum absolute atomic E-state index is 0.205. The molecule has 136 valence electrons. The molecule has 1 aliphatic heterocycles. The van der Waals surface area contributed by atoms with Crippen molar-refractivity contribution < 1.29 is 9.84 Å². The van der Waals surface area contributed by atoms with Gasteiger partial charge in [0.05, 0.1) is 25.5 Å². The van der Waals surface area contributed by atoms with E-state index >= 15 is 0 Å². The first kappa shape index (κ1) is 16.7. The van der Waals surface area contributed by atoms with Gasteiger partial charge in [-0.05, 0) is 38.1 Å². The molecule has 1 saturated heterocycles. The summed E-state index contributed by atoms with van der Waals surface area (Å²) in [5.74, 6) is 0.646. The molecule has 1 aliphatic rings. The van der Waals surface area contributed by atoms with Gasteiger partial charge in [-0.2, -0.15) is 5.10 Å². The van der Waals surface area contributed by atoms with Crippen LogP contribution < -0.4 is 15.6 Å². The zero-order valence-corrected chi connectivity index (χ0v) is 14.6. The number of rotatable bonds is 4. The van der Waals surface area contributed by atoms with Gasteiger partial charge in [-0.15, -0.1) is 0 Å². The topological polar surface area (TPSA) is 94.2 Å². The third kappa shape index (κ3) is 2.87. The summed E-state index contributed by atoms with van der Waals surface area (Å²) in [5.41, 5.74) is 0.0890. The second-order valence-corrected chi connectivity index (χ2v) is 6.62. The van der Waals surface area contributed by atoms with Crippen molar-refractivity contribution in [1.29, 1.82) is 0 Å². The number of hydrogen-bond donors (Lipinski definition) is 2. The lowest BCUT2D eigenvalue weighted by Gasteiger charge is -2.32. The molecule has 1 aromatic carbocycles. The van der Waals surface area contributed by atoms with Gasteiger partial charge in [0.1, 0.15) is 23.2 Å². The highest BCUT2D eigenvalue weighted by Gasteiger charge is 2.30. The second kappa shape index (κ2) is 6.54. The van der Waals surface area contributed by atoms with E-state index < -0.39 is 5.60 Å². The summed E-state index contributed by atoms with van der Waals surface area (Å²) in [5, 5.41) is 18.7. The predicted molar refractivity (Wildman–Crippen MR) is 96.7 cm³/mol. The van der Waals surface area contributed by atoms with Crippen molar-refractivity contribution in [2.75, 3.05) is 20.2 Å². The van der Waals surface area contributed by atoms with Gasteiger partial charge in [0, 0.05) is 0 Å². The maximum atomic E-state index is 12.9. The molecule has 3 aromatic rings. The van der Waals surface area contributed by atoms with Crippen LogP contribution in [0.4, 0.5) is 0 Å². The summed E-state index contributed by atoms with van der Waals surface area (Å²) in [4.78, 5) is 17.3. The average molecular weight is 355 g/mol. The van der Waals surface area contributed by atoms with Crippen molar-refractivity contribution in [3.8, 4) is 11.4 Å². The lowest BCUT2D eigenvalue weighted by Crippen LogP contribution is -2.46. The van der Waals surface area contributed by atoms with Crippen LogP contribution in [0.15, 0.2) is 41.6 Å². The van der Waals surface area contributed by atoms with E-state index in [0.717, 1.165) is 13.1 Å². The van der Waals surface area contributed by atoms with Crippen LogP contribution in [0.5, 0.6) is 5.75 Å². The van der Waals surface area contributed by atoms with Crippen LogP contribution in [-0.4, -0.2) is 50.2 Å². The third-order valence-corrected chi connectivity index (χ3v) is 4.87. The van der Waals surface area contributed by atoms with Crippen LogP contribution in [0.1, 0.15) is 12.8 Å². The molecule has 0 unspecified atom stereocenters. The largest absolute Gasteiger partial charge is 0.494 e. The van der Waals surface area contributed by atoms with Gasteiger partial charge in [-0.1, -0.05) is 12.1 Å². The van der Waals surface area contributed by atoms with Gasteiger partial charge in [0.2, 0.25) is 0 Å². The molecule has 1 fully saturated rings. The molecule has 0 spiro atoms. The lowest BCUT2D eigenvalue weighted by atomic mass is 9.92. The third-order valence-electron chi connectivity index (χ3n) is 4.87. The Morgan fingerprint density at radius 1 is 1.31 bits per heavy atom. The number of methoxy groups -OCH3 is 1. The van der Waals surface area contributed by atoms with Crippen LogP contribution in [0.3, 0.4) is 0 Å².